The Morgan fingerprint density at radius 2 is 1.94 bits per heavy atom. The van der Waals surface area contributed by atoms with Crippen molar-refractivity contribution in [3.05, 3.63) is 53.7 Å². The fourth-order valence-electron chi connectivity index (χ4n) is 1.49. The monoisotopic (exact) mass is 230 g/mol. The van der Waals surface area contributed by atoms with E-state index in [-0.39, 0.29) is 0 Å². The summed E-state index contributed by atoms with van der Waals surface area (Å²) >= 11 is 1.66. The molecule has 2 nitrogen and oxygen atoms in total. The van der Waals surface area contributed by atoms with Gasteiger partial charge in [-0.15, -0.1) is 0 Å². The second-order valence-electron chi connectivity index (χ2n) is 3.57. The van der Waals surface area contributed by atoms with Crippen molar-refractivity contribution in [3.8, 4) is 0 Å². The van der Waals surface area contributed by atoms with Gasteiger partial charge in [-0.3, -0.25) is 0 Å². The number of nitrogens with two attached hydrogens (primary N) is 1. The van der Waals surface area contributed by atoms with Crippen molar-refractivity contribution in [2.45, 2.75) is 23.4 Å². The van der Waals surface area contributed by atoms with E-state index in [0.717, 1.165) is 16.3 Å². The Bertz CT molecular complexity index is 469. The maximum Gasteiger partial charge on any atom is 0.101 e. The number of benzene rings is 1. The molecular formula is C13H14N2S. The van der Waals surface area contributed by atoms with Crippen LogP contribution in [0, 0.1) is 6.92 Å². The molecule has 0 saturated heterocycles. The summed E-state index contributed by atoms with van der Waals surface area (Å²) in [7, 11) is 0. The minimum absolute atomic E-state index is 0.561. The first kappa shape index (κ1) is 11.2. The van der Waals surface area contributed by atoms with Crippen LogP contribution >= 0.6 is 11.8 Å². The maximum atomic E-state index is 5.64. The number of aryl methyl sites for hydroxylation is 1. The lowest BCUT2D eigenvalue weighted by molar-refractivity contribution is 0.987. The van der Waals surface area contributed by atoms with Crippen molar-refractivity contribution >= 4 is 11.8 Å². The minimum Gasteiger partial charge on any atom is -0.326 e. The van der Waals surface area contributed by atoms with E-state index in [1.165, 1.54) is 4.90 Å². The first-order chi connectivity index (χ1) is 7.78. The number of hydrogen-bond acceptors (Lipinski definition) is 3. The van der Waals surface area contributed by atoms with Crippen molar-refractivity contribution < 1.29 is 0 Å². The number of nitrogens with zero attached hydrogens (tertiary/aromatic N) is 1. The molecule has 0 saturated carbocycles. The predicted octanol–water partition coefficient (Wildman–Crippen LogP) is 3.00. The van der Waals surface area contributed by atoms with Gasteiger partial charge in [0.25, 0.3) is 0 Å². The third-order valence-corrected chi connectivity index (χ3v) is 3.12. The molecular weight excluding hydrogens is 216 g/mol. The Balaban J connectivity index is 2.24. The van der Waals surface area contributed by atoms with E-state index in [2.05, 4.69) is 17.1 Å². The number of pyridine rings is 1. The molecule has 16 heavy (non-hydrogen) atoms. The fraction of sp³-hybridized carbons (Fsp3) is 0.154. The highest BCUT2D eigenvalue weighted by Crippen LogP contribution is 2.26. The van der Waals surface area contributed by atoms with Crippen LogP contribution in [0.4, 0.5) is 0 Å². The van der Waals surface area contributed by atoms with Gasteiger partial charge in [0.15, 0.2) is 0 Å². The number of aromatic nitrogens is 1. The molecule has 0 aliphatic carbocycles. The Kier molecular flexibility index (Phi) is 3.59. The van der Waals surface area contributed by atoms with Gasteiger partial charge in [-0.2, -0.15) is 0 Å². The lowest BCUT2D eigenvalue weighted by Gasteiger charge is -2.04. The average molecular weight is 230 g/mol. The van der Waals surface area contributed by atoms with E-state index in [9.17, 15) is 0 Å². The summed E-state index contributed by atoms with van der Waals surface area (Å²) in [6.07, 6.45) is 0. The van der Waals surface area contributed by atoms with E-state index in [1.54, 1.807) is 11.8 Å². The zero-order valence-electron chi connectivity index (χ0n) is 9.18. The van der Waals surface area contributed by atoms with Crippen LogP contribution in [0.25, 0.3) is 0 Å². The topological polar surface area (TPSA) is 38.9 Å². The van der Waals surface area contributed by atoms with Crippen LogP contribution in [0.3, 0.4) is 0 Å². The zero-order chi connectivity index (χ0) is 11.4. The van der Waals surface area contributed by atoms with Crippen LogP contribution in [-0.2, 0) is 6.54 Å². The van der Waals surface area contributed by atoms with Crippen LogP contribution in [0.2, 0.25) is 0 Å². The van der Waals surface area contributed by atoms with Crippen LogP contribution in [0.5, 0.6) is 0 Å². The first-order valence-corrected chi connectivity index (χ1v) is 6.00. The molecule has 0 spiro atoms. The van der Waals surface area contributed by atoms with Crippen LogP contribution in [0.1, 0.15) is 11.3 Å². The summed E-state index contributed by atoms with van der Waals surface area (Å²) in [5, 5.41) is 1.01. The van der Waals surface area contributed by atoms with E-state index in [4.69, 9.17) is 5.73 Å². The van der Waals surface area contributed by atoms with Gasteiger partial charge in [0, 0.05) is 17.1 Å². The van der Waals surface area contributed by atoms with Gasteiger partial charge in [-0.05, 0) is 36.8 Å². The van der Waals surface area contributed by atoms with Crippen LogP contribution < -0.4 is 5.73 Å². The van der Waals surface area contributed by atoms with E-state index < -0.39 is 0 Å². The van der Waals surface area contributed by atoms with Gasteiger partial charge >= 0.3 is 0 Å². The summed E-state index contributed by atoms with van der Waals surface area (Å²) in [5.41, 5.74) is 7.79. The maximum absolute atomic E-state index is 5.64. The molecule has 0 aliphatic heterocycles. The molecule has 3 heteroatoms. The quantitative estimate of drug-likeness (QED) is 0.881. The Morgan fingerprint density at radius 1 is 1.19 bits per heavy atom. The van der Waals surface area contributed by atoms with Gasteiger partial charge in [0.1, 0.15) is 5.03 Å². The molecule has 1 aromatic carbocycles. The third-order valence-electron chi connectivity index (χ3n) is 2.19. The van der Waals surface area contributed by atoms with Crippen molar-refractivity contribution in [2.75, 3.05) is 0 Å². The van der Waals surface area contributed by atoms with Gasteiger partial charge in [-0.25, -0.2) is 4.98 Å². The Morgan fingerprint density at radius 3 is 2.62 bits per heavy atom. The zero-order valence-corrected chi connectivity index (χ0v) is 10.00. The molecule has 2 N–H and O–H groups in total. The van der Waals surface area contributed by atoms with E-state index in [1.807, 2.05) is 37.3 Å². The normalized spacial score (nSPS) is 10.4. The molecule has 0 unspecified atom stereocenters. The molecule has 2 rings (SSSR count). The Hall–Kier alpha value is -1.32. The molecule has 0 amide bonds. The van der Waals surface area contributed by atoms with Crippen molar-refractivity contribution in [1.82, 2.24) is 4.98 Å². The van der Waals surface area contributed by atoms with Crippen LogP contribution in [-0.4, -0.2) is 4.98 Å². The predicted molar refractivity (Wildman–Crippen MR) is 67.4 cm³/mol. The molecule has 1 aromatic heterocycles. The lowest BCUT2D eigenvalue weighted by atomic mass is 10.2. The first-order valence-electron chi connectivity index (χ1n) is 5.18. The highest BCUT2D eigenvalue weighted by atomic mass is 32.2. The van der Waals surface area contributed by atoms with E-state index in [0.29, 0.717) is 6.54 Å². The van der Waals surface area contributed by atoms with Gasteiger partial charge in [-0.1, -0.05) is 30.0 Å². The summed E-state index contributed by atoms with van der Waals surface area (Å²) < 4.78 is 0. The Labute approximate surface area is 99.9 Å². The molecule has 0 fully saturated rings. The largest absolute Gasteiger partial charge is 0.326 e. The second kappa shape index (κ2) is 5.14. The summed E-state index contributed by atoms with van der Waals surface area (Å²) in [5.74, 6) is 0. The molecule has 0 bridgehead atoms. The van der Waals surface area contributed by atoms with Gasteiger partial charge < -0.3 is 5.73 Å². The van der Waals surface area contributed by atoms with Crippen molar-refractivity contribution in [3.63, 3.8) is 0 Å². The number of rotatable bonds is 3. The van der Waals surface area contributed by atoms with Gasteiger partial charge in [0.2, 0.25) is 0 Å². The van der Waals surface area contributed by atoms with Crippen molar-refractivity contribution in [1.29, 1.82) is 0 Å². The second-order valence-corrected chi connectivity index (χ2v) is 4.67. The molecule has 0 atom stereocenters. The van der Waals surface area contributed by atoms with Crippen LogP contribution in [0.15, 0.2) is 52.4 Å². The molecule has 1 heterocycles. The molecule has 82 valence electrons. The lowest BCUT2D eigenvalue weighted by Crippen LogP contribution is -1.98. The van der Waals surface area contributed by atoms with Gasteiger partial charge in [0.05, 0.1) is 0 Å². The smallest absolute Gasteiger partial charge is 0.101 e. The van der Waals surface area contributed by atoms with E-state index >= 15 is 0 Å². The SMILES string of the molecule is Cc1cc(CN)cc(Sc2ccccc2)n1. The summed E-state index contributed by atoms with van der Waals surface area (Å²) in [6.45, 7) is 2.56. The third kappa shape index (κ3) is 2.84. The summed E-state index contributed by atoms with van der Waals surface area (Å²) in [6, 6.07) is 14.3. The number of hydrogen-bond donors (Lipinski definition) is 1. The highest BCUT2D eigenvalue weighted by molar-refractivity contribution is 7.99. The minimum atomic E-state index is 0.561. The standard InChI is InChI=1S/C13H14N2S/c1-10-7-11(9-14)8-13(15-10)16-12-5-3-2-4-6-12/h2-8H,9,14H2,1H3. The van der Waals surface area contributed by atoms with Crippen molar-refractivity contribution in [2.24, 2.45) is 5.73 Å². The fourth-order valence-corrected chi connectivity index (χ4v) is 2.42. The average Bonchev–Trinajstić information content (AvgIpc) is 2.29. The highest BCUT2D eigenvalue weighted by Gasteiger charge is 2.01. The molecule has 2 aromatic rings. The molecule has 0 aliphatic rings. The molecule has 0 radical (unpaired) electrons. The summed E-state index contributed by atoms with van der Waals surface area (Å²) in [4.78, 5) is 5.68.